The van der Waals surface area contributed by atoms with Gasteiger partial charge in [0.25, 0.3) is 0 Å². The van der Waals surface area contributed by atoms with E-state index in [1.165, 1.54) is 44.9 Å². The third kappa shape index (κ3) is 4.20. The van der Waals surface area contributed by atoms with Crippen LogP contribution in [0.25, 0.3) is 0 Å². The van der Waals surface area contributed by atoms with Gasteiger partial charge in [0.2, 0.25) is 5.91 Å². The summed E-state index contributed by atoms with van der Waals surface area (Å²) in [4.78, 5) is 11.9. The van der Waals surface area contributed by atoms with Gasteiger partial charge in [-0.2, -0.15) is 0 Å². The molecule has 1 amide bonds. The summed E-state index contributed by atoms with van der Waals surface area (Å²) in [6.07, 6.45) is 10.6. The van der Waals surface area contributed by atoms with Crippen LogP contribution < -0.4 is 10.6 Å². The molecule has 3 nitrogen and oxygen atoms in total. The SMILES string of the molecule is CCCNC(=O)C(C)NC1CCC2CCCCC2C1. The van der Waals surface area contributed by atoms with Crippen molar-refractivity contribution in [3.63, 3.8) is 0 Å². The topological polar surface area (TPSA) is 41.1 Å². The summed E-state index contributed by atoms with van der Waals surface area (Å²) in [6, 6.07) is 0.512. The Kier molecular flexibility index (Phi) is 5.68. The van der Waals surface area contributed by atoms with Gasteiger partial charge in [-0.15, -0.1) is 0 Å². The summed E-state index contributed by atoms with van der Waals surface area (Å²) in [6.45, 7) is 4.88. The number of carbonyl (C=O) groups excluding carboxylic acids is 1. The van der Waals surface area contributed by atoms with Crippen LogP contribution in [0.3, 0.4) is 0 Å². The first-order valence-electron chi connectivity index (χ1n) is 8.24. The molecule has 2 saturated carbocycles. The first-order valence-corrected chi connectivity index (χ1v) is 8.24. The van der Waals surface area contributed by atoms with E-state index >= 15 is 0 Å². The predicted molar refractivity (Wildman–Crippen MR) is 79.0 cm³/mol. The molecule has 110 valence electrons. The zero-order chi connectivity index (χ0) is 13.7. The highest BCUT2D eigenvalue weighted by Crippen LogP contribution is 2.40. The normalized spacial score (nSPS) is 32.4. The molecule has 0 aromatic rings. The Morgan fingerprint density at radius 3 is 2.63 bits per heavy atom. The molecular weight excluding hydrogens is 236 g/mol. The van der Waals surface area contributed by atoms with Crippen LogP contribution >= 0.6 is 0 Å². The van der Waals surface area contributed by atoms with Crippen LogP contribution in [0.15, 0.2) is 0 Å². The van der Waals surface area contributed by atoms with E-state index in [0.717, 1.165) is 24.8 Å². The Morgan fingerprint density at radius 2 is 1.89 bits per heavy atom. The number of fused-ring (bicyclic) bond motifs is 1. The zero-order valence-corrected chi connectivity index (χ0v) is 12.6. The Hall–Kier alpha value is -0.570. The van der Waals surface area contributed by atoms with Crippen LogP contribution in [0.1, 0.15) is 65.2 Å². The fourth-order valence-corrected chi connectivity index (χ4v) is 3.86. The molecule has 0 bridgehead atoms. The van der Waals surface area contributed by atoms with Gasteiger partial charge in [-0.1, -0.05) is 32.6 Å². The van der Waals surface area contributed by atoms with Gasteiger partial charge >= 0.3 is 0 Å². The van der Waals surface area contributed by atoms with E-state index in [1.807, 2.05) is 6.92 Å². The lowest BCUT2D eigenvalue weighted by Crippen LogP contribution is -2.49. The van der Waals surface area contributed by atoms with E-state index < -0.39 is 0 Å². The van der Waals surface area contributed by atoms with Crippen molar-refractivity contribution in [2.24, 2.45) is 11.8 Å². The lowest BCUT2D eigenvalue weighted by Gasteiger charge is -2.40. The van der Waals surface area contributed by atoms with E-state index in [2.05, 4.69) is 17.6 Å². The number of nitrogens with one attached hydrogen (secondary N) is 2. The number of carbonyl (C=O) groups is 1. The van der Waals surface area contributed by atoms with Crippen LogP contribution in [0.5, 0.6) is 0 Å². The zero-order valence-electron chi connectivity index (χ0n) is 12.6. The summed E-state index contributed by atoms with van der Waals surface area (Å²) >= 11 is 0. The van der Waals surface area contributed by atoms with Crippen molar-refractivity contribution in [3.8, 4) is 0 Å². The highest BCUT2D eigenvalue weighted by molar-refractivity contribution is 5.81. The van der Waals surface area contributed by atoms with Crippen molar-refractivity contribution in [2.75, 3.05) is 6.54 Å². The van der Waals surface area contributed by atoms with Crippen molar-refractivity contribution in [2.45, 2.75) is 77.3 Å². The first-order chi connectivity index (χ1) is 9.20. The lowest BCUT2D eigenvalue weighted by molar-refractivity contribution is -0.123. The van der Waals surface area contributed by atoms with E-state index in [1.54, 1.807) is 0 Å². The Bertz CT molecular complexity index is 292. The summed E-state index contributed by atoms with van der Waals surface area (Å²) in [5, 5.41) is 6.53. The number of rotatable bonds is 5. The molecule has 0 radical (unpaired) electrons. The maximum absolute atomic E-state index is 11.9. The molecule has 2 aliphatic rings. The molecule has 0 aromatic heterocycles. The third-order valence-electron chi connectivity index (χ3n) is 4.97. The smallest absolute Gasteiger partial charge is 0.236 e. The highest BCUT2D eigenvalue weighted by atomic mass is 16.2. The van der Waals surface area contributed by atoms with Gasteiger partial charge in [0.15, 0.2) is 0 Å². The molecule has 2 fully saturated rings. The van der Waals surface area contributed by atoms with Crippen LogP contribution in [0, 0.1) is 11.8 Å². The third-order valence-corrected chi connectivity index (χ3v) is 4.97. The van der Waals surface area contributed by atoms with Gasteiger partial charge in [-0.3, -0.25) is 4.79 Å². The van der Waals surface area contributed by atoms with Gasteiger partial charge < -0.3 is 10.6 Å². The molecule has 0 heterocycles. The summed E-state index contributed by atoms with van der Waals surface area (Å²) < 4.78 is 0. The average Bonchev–Trinajstić information content (AvgIpc) is 2.44. The molecule has 2 rings (SSSR count). The molecule has 19 heavy (non-hydrogen) atoms. The second-order valence-electron chi connectivity index (χ2n) is 6.49. The van der Waals surface area contributed by atoms with Crippen molar-refractivity contribution < 1.29 is 4.79 Å². The molecule has 4 unspecified atom stereocenters. The van der Waals surface area contributed by atoms with Crippen molar-refractivity contribution in [3.05, 3.63) is 0 Å². The molecule has 0 spiro atoms. The minimum atomic E-state index is -0.0447. The monoisotopic (exact) mass is 266 g/mol. The maximum atomic E-state index is 11.9. The number of hydrogen-bond acceptors (Lipinski definition) is 2. The summed E-state index contributed by atoms with van der Waals surface area (Å²) in [5.74, 6) is 2.06. The Morgan fingerprint density at radius 1 is 1.16 bits per heavy atom. The molecule has 2 aliphatic carbocycles. The predicted octanol–water partition coefficient (Wildman–Crippen LogP) is 2.85. The molecule has 0 aromatic carbocycles. The van der Waals surface area contributed by atoms with Crippen molar-refractivity contribution in [1.82, 2.24) is 10.6 Å². The van der Waals surface area contributed by atoms with E-state index in [-0.39, 0.29) is 11.9 Å². The van der Waals surface area contributed by atoms with E-state index in [9.17, 15) is 4.79 Å². The molecule has 2 N–H and O–H groups in total. The van der Waals surface area contributed by atoms with E-state index in [0.29, 0.717) is 6.04 Å². The average molecular weight is 266 g/mol. The summed E-state index contributed by atoms with van der Waals surface area (Å²) in [7, 11) is 0. The quantitative estimate of drug-likeness (QED) is 0.803. The molecule has 4 atom stereocenters. The van der Waals surface area contributed by atoms with Gasteiger partial charge in [0, 0.05) is 12.6 Å². The fourth-order valence-electron chi connectivity index (χ4n) is 3.86. The second kappa shape index (κ2) is 7.28. The number of hydrogen-bond donors (Lipinski definition) is 2. The summed E-state index contributed by atoms with van der Waals surface area (Å²) in [5.41, 5.74) is 0. The lowest BCUT2D eigenvalue weighted by atomic mass is 9.69. The van der Waals surface area contributed by atoms with Crippen LogP contribution in [0.2, 0.25) is 0 Å². The standard InChI is InChI=1S/C16H30N2O/c1-3-10-17-16(19)12(2)18-15-9-8-13-6-4-5-7-14(13)11-15/h12-15,18H,3-11H2,1-2H3,(H,17,19). The number of amides is 1. The largest absolute Gasteiger partial charge is 0.355 e. The molecule has 0 saturated heterocycles. The van der Waals surface area contributed by atoms with Gasteiger partial charge in [-0.05, 0) is 44.4 Å². The van der Waals surface area contributed by atoms with Gasteiger partial charge in [0.1, 0.15) is 0 Å². The van der Waals surface area contributed by atoms with Crippen molar-refractivity contribution >= 4 is 5.91 Å². The fraction of sp³-hybridized carbons (Fsp3) is 0.938. The Labute approximate surface area is 117 Å². The molecule has 3 heteroatoms. The molecular formula is C16H30N2O. The maximum Gasteiger partial charge on any atom is 0.236 e. The van der Waals surface area contributed by atoms with Crippen LogP contribution in [-0.4, -0.2) is 24.5 Å². The van der Waals surface area contributed by atoms with Gasteiger partial charge in [-0.25, -0.2) is 0 Å². The van der Waals surface area contributed by atoms with Crippen molar-refractivity contribution in [1.29, 1.82) is 0 Å². The first kappa shape index (κ1) is 14.8. The van der Waals surface area contributed by atoms with Gasteiger partial charge in [0.05, 0.1) is 6.04 Å². The van der Waals surface area contributed by atoms with E-state index in [4.69, 9.17) is 0 Å². The van der Waals surface area contributed by atoms with Crippen LogP contribution in [-0.2, 0) is 4.79 Å². The minimum Gasteiger partial charge on any atom is -0.355 e. The van der Waals surface area contributed by atoms with Crippen LogP contribution in [0.4, 0.5) is 0 Å². The second-order valence-corrected chi connectivity index (χ2v) is 6.49. The molecule has 0 aliphatic heterocycles. The Balaban J connectivity index is 1.75. The highest BCUT2D eigenvalue weighted by Gasteiger charge is 2.32. The minimum absolute atomic E-state index is 0.0447.